The average molecular weight is 193 g/mol. The van der Waals surface area contributed by atoms with E-state index < -0.39 is 10.2 Å². The summed E-state index contributed by atoms with van der Waals surface area (Å²) >= 11 is 0. The SMILES string of the molecule is CNS(=O)(=O)NC1(C)CCNC1. The Kier molecular flexibility index (Phi) is 2.72. The zero-order valence-corrected chi connectivity index (χ0v) is 8.16. The predicted octanol–water partition coefficient (Wildman–Crippen LogP) is -1.21. The fourth-order valence-electron chi connectivity index (χ4n) is 1.28. The lowest BCUT2D eigenvalue weighted by molar-refractivity contribution is 0.449. The summed E-state index contributed by atoms with van der Waals surface area (Å²) in [4.78, 5) is 0. The quantitative estimate of drug-likeness (QED) is 0.527. The van der Waals surface area contributed by atoms with Crippen LogP contribution in [-0.2, 0) is 10.2 Å². The Labute approximate surface area is 73.1 Å². The number of nitrogens with one attached hydrogen (secondary N) is 3. The van der Waals surface area contributed by atoms with Gasteiger partial charge in [0.2, 0.25) is 0 Å². The third-order valence-electron chi connectivity index (χ3n) is 2.02. The van der Waals surface area contributed by atoms with Crippen LogP contribution in [0.4, 0.5) is 0 Å². The molecule has 1 aliphatic rings. The van der Waals surface area contributed by atoms with Crippen LogP contribution in [0.25, 0.3) is 0 Å². The van der Waals surface area contributed by atoms with Gasteiger partial charge in [-0.2, -0.15) is 13.1 Å². The lowest BCUT2D eigenvalue weighted by Crippen LogP contribution is -2.50. The van der Waals surface area contributed by atoms with Gasteiger partial charge in [0.25, 0.3) is 10.2 Å². The third kappa shape index (κ3) is 2.41. The fraction of sp³-hybridized carbons (Fsp3) is 1.00. The molecule has 3 N–H and O–H groups in total. The molecular formula is C6H15N3O2S. The van der Waals surface area contributed by atoms with Gasteiger partial charge in [-0.05, 0) is 19.9 Å². The maximum absolute atomic E-state index is 11.1. The zero-order valence-electron chi connectivity index (χ0n) is 7.35. The molecule has 1 atom stereocenters. The minimum Gasteiger partial charge on any atom is -0.315 e. The second-order valence-electron chi connectivity index (χ2n) is 3.30. The number of rotatable bonds is 3. The van der Waals surface area contributed by atoms with Gasteiger partial charge >= 0.3 is 0 Å². The minimum absolute atomic E-state index is 0.332. The monoisotopic (exact) mass is 193 g/mol. The van der Waals surface area contributed by atoms with E-state index >= 15 is 0 Å². The van der Waals surface area contributed by atoms with Gasteiger partial charge in [0, 0.05) is 19.1 Å². The Hall–Kier alpha value is -0.170. The van der Waals surface area contributed by atoms with Crippen molar-refractivity contribution < 1.29 is 8.42 Å². The van der Waals surface area contributed by atoms with E-state index in [4.69, 9.17) is 0 Å². The van der Waals surface area contributed by atoms with E-state index in [-0.39, 0.29) is 5.54 Å². The van der Waals surface area contributed by atoms with Gasteiger partial charge in [0.15, 0.2) is 0 Å². The summed E-state index contributed by atoms with van der Waals surface area (Å²) in [6, 6.07) is 0. The van der Waals surface area contributed by atoms with Crippen LogP contribution in [0.15, 0.2) is 0 Å². The topological polar surface area (TPSA) is 70.2 Å². The van der Waals surface area contributed by atoms with Crippen LogP contribution in [-0.4, -0.2) is 34.1 Å². The number of hydrogen-bond donors (Lipinski definition) is 3. The Morgan fingerprint density at radius 2 is 2.17 bits per heavy atom. The highest BCUT2D eigenvalue weighted by Crippen LogP contribution is 2.13. The molecule has 6 heteroatoms. The molecule has 1 rings (SSSR count). The minimum atomic E-state index is -3.30. The molecule has 0 aromatic heterocycles. The first-order valence-corrected chi connectivity index (χ1v) is 5.39. The summed E-state index contributed by atoms with van der Waals surface area (Å²) < 4.78 is 27.0. The van der Waals surface area contributed by atoms with Gasteiger partial charge in [-0.15, -0.1) is 0 Å². The zero-order chi connectivity index (χ0) is 9.24. The van der Waals surface area contributed by atoms with Gasteiger partial charge in [0.05, 0.1) is 0 Å². The van der Waals surface area contributed by atoms with E-state index in [2.05, 4.69) is 14.8 Å². The molecule has 1 heterocycles. The summed E-state index contributed by atoms with van der Waals surface area (Å²) in [7, 11) is -1.90. The van der Waals surface area contributed by atoms with Crippen LogP contribution in [0, 0.1) is 0 Å². The smallest absolute Gasteiger partial charge is 0.277 e. The van der Waals surface area contributed by atoms with Crippen molar-refractivity contribution in [3.63, 3.8) is 0 Å². The van der Waals surface area contributed by atoms with Crippen molar-refractivity contribution in [1.82, 2.24) is 14.8 Å². The second kappa shape index (κ2) is 3.29. The van der Waals surface area contributed by atoms with Gasteiger partial charge in [-0.1, -0.05) is 0 Å². The van der Waals surface area contributed by atoms with E-state index in [9.17, 15) is 8.42 Å². The highest BCUT2D eigenvalue weighted by molar-refractivity contribution is 7.87. The largest absolute Gasteiger partial charge is 0.315 e. The van der Waals surface area contributed by atoms with Crippen molar-refractivity contribution in [2.45, 2.75) is 18.9 Å². The molecular weight excluding hydrogens is 178 g/mol. The number of hydrogen-bond acceptors (Lipinski definition) is 3. The molecule has 1 unspecified atom stereocenters. The molecule has 0 radical (unpaired) electrons. The van der Waals surface area contributed by atoms with Gasteiger partial charge < -0.3 is 5.32 Å². The van der Waals surface area contributed by atoms with Gasteiger partial charge in [-0.25, -0.2) is 4.72 Å². The van der Waals surface area contributed by atoms with Crippen LogP contribution in [0.3, 0.4) is 0 Å². The molecule has 12 heavy (non-hydrogen) atoms. The van der Waals surface area contributed by atoms with E-state index in [0.29, 0.717) is 6.54 Å². The van der Waals surface area contributed by atoms with E-state index in [1.165, 1.54) is 7.05 Å². The van der Waals surface area contributed by atoms with E-state index in [0.717, 1.165) is 13.0 Å². The Morgan fingerprint density at radius 3 is 2.58 bits per heavy atom. The van der Waals surface area contributed by atoms with Crippen LogP contribution >= 0.6 is 0 Å². The molecule has 0 saturated carbocycles. The van der Waals surface area contributed by atoms with Crippen LogP contribution in [0.5, 0.6) is 0 Å². The van der Waals surface area contributed by atoms with Crippen LogP contribution < -0.4 is 14.8 Å². The molecule has 72 valence electrons. The molecule has 0 aromatic rings. The third-order valence-corrected chi connectivity index (χ3v) is 3.32. The molecule has 1 fully saturated rings. The molecule has 0 aliphatic carbocycles. The Balaban J connectivity index is 2.61. The highest BCUT2D eigenvalue weighted by Gasteiger charge is 2.32. The Bertz CT molecular complexity index is 244. The van der Waals surface area contributed by atoms with E-state index in [1.54, 1.807) is 0 Å². The molecule has 1 aliphatic heterocycles. The van der Waals surface area contributed by atoms with Crippen LogP contribution in [0.2, 0.25) is 0 Å². The molecule has 0 aromatic carbocycles. The maximum Gasteiger partial charge on any atom is 0.277 e. The highest BCUT2D eigenvalue weighted by atomic mass is 32.2. The maximum atomic E-state index is 11.1. The standard InChI is InChI=1S/C6H15N3O2S/c1-6(3-4-8-5-6)9-12(10,11)7-2/h7-9H,3-5H2,1-2H3. The first-order valence-electron chi connectivity index (χ1n) is 3.91. The molecule has 0 bridgehead atoms. The normalized spacial score (nSPS) is 30.8. The summed E-state index contributed by atoms with van der Waals surface area (Å²) in [6.07, 6.45) is 0.827. The van der Waals surface area contributed by atoms with E-state index in [1.807, 2.05) is 6.92 Å². The summed E-state index contributed by atoms with van der Waals surface area (Å²) in [6.45, 7) is 3.44. The van der Waals surface area contributed by atoms with Crippen molar-refractivity contribution in [1.29, 1.82) is 0 Å². The van der Waals surface area contributed by atoms with Crippen molar-refractivity contribution in [2.24, 2.45) is 0 Å². The summed E-state index contributed by atoms with van der Waals surface area (Å²) in [5.74, 6) is 0. The molecule has 0 amide bonds. The van der Waals surface area contributed by atoms with Gasteiger partial charge in [0.1, 0.15) is 0 Å². The first kappa shape index (κ1) is 9.91. The summed E-state index contributed by atoms with van der Waals surface area (Å²) in [5.41, 5.74) is -0.332. The molecule has 5 nitrogen and oxygen atoms in total. The van der Waals surface area contributed by atoms with Crippen molar-refractivity contribution in [3.8, 4) is 0 Å². The lowest BCUT2D eigenvalue weighted by atomic mass is 10.0. The van der Waals surface area contributed by atoms with Crippen molar-refractivity contribution in [2.75, 3.05) is 20.1 Å². The average Bonchev–Trinajstić information content (AvgIpc) is 2.35. The van der Waals surface area contributed by atoms with Gasteiger partial charge in [-0.3, -0.25) is 0 Å². The fourth-order valence-corrected chi connectivity index (χ4v) is 2.20. The van der Waals surface area contributed by atoms with Crippen LogP contribution in [0.1, 0.15) is 13.3 Å². The lowest BCUT2D eigenvalue weighted by Gasteiger charge is -2.23. The first-order chi connectivity index (χ1) is 5.47. The van der Waals surface area contributed by atoms with Crippen molar-refractivity contribution >= 4 is 10.2 Å². The van der Waals surface area contributed by atoms with Crippen molar-refractivity contribution in [3.05, 3.63) is 0 Å². The Morgan fingerprint density at radius 1 is 1.50 bits per heavy atom. The molecule has 0 spiro atoms. The second-order valence-corrected chi connectivity index (χ2v) is 4.92. The predicted molar refractivity (Wildman–Crippen MR) is 47.0 cm³/mol. The molecule has 1 saturated heterocycles. The summed E-state index contributed by atoms with van der Waals surface area (Å²) in [5, 5.41) is 3.10.